The summed E-state index contributed by atoms with van der Waals surface area (Å²) in [4.78, 5) is 14.4. The Kier molecular flexibility index (Phi) is 7.14. The number of aliphatic hydroxyl groups excluding tert-OH is 2. The molecule has 0 bridgehead atoms. The molecule has 1 aliphatic heterocycles. The minimum absolute atomic E-state index is 0.0253. The molecule has 0 saturated carbocycles. The van der Waals surface area contributed by atoms with Crippen molar-refractivity contribution in [2.24, 2.45) is 0 Å². The second kappa shape index (κ2) is 10.1. The van der Waals surface area contributed by atoms with Gasteiger partial charge >= 0.3 is 0 Å². The molecule has 0 saturated heterocycles. The van der Waals surface area contributed by atoms with Crippen molar-refractivity contribution < 1.29 is 36.9 Å². The summed E-state index contributed by atoms with van der Waals surface area (Å²) >= 11 is 0. The molecular weight excluding hydrogens is 488 g/mol. The van der Waals surface area contributed by atoms with Gasteiger partial charge in [0.2, 0.25) is 5.91 Å². The summed E-state index contributed by atoms with van der Waals surface area (Å²) < 4.78 is 57.8. The van der Waals surface area contributed by atoms with Gasteiger partial charge in [-0.1, -0.05) is 18.2 Å². The van der Waals surface area contributed by atoms with Crippen LogP contribution in [-0.4, -0.2) is 74.7 Å². The molecule has 0 unspecified atom stereocenters. The van der Waals surface area contributed by atoms with Gasteiger partial charge in [-0.25, -0.2) is 8.78 Å². The third-order valence-electron chi connectivity index (χ3n) is 5.47. The number of fused-ring (bicyclic) bond motifs is 1. The highest BCUT2D eigenvalue weighted by atomic mass is 32.2. The molecule has 2 N–H and O–H groups in total. The van der Waals surface area contributed by atoms with E-state index in [4.69, 9.17) is 9.84 Å². The van der Waals surface area contributed by atoms with Gasteiger partial charge in [-0.3, -0.25) is 9.48 Å². The van der Waals surface area contributed by atoms with E-state index in [1.54, 1.807) is 24.3 Å². The van der Waals surface area contributed by atoms with Gasteiger partial charge in [0, 0.05) is 30.1 Å². The highest BCUT2D eigenvalue weighted by molar-refractivity contribution is 7.89. The van der Waals surface area contributed by atoms with Crippen LogP contribution in [0.3, 0.4) is 0 Å². The normalized spacial score (nSPS) is 14.4. The maximum atomic E-state index is 13.2. The SMILES string of the molecule is O=C([C@H](CO)c1ccccc1OCCO)N1Cc2cn(S(=O)(=O)c3cnn(CC(F)F)c3)nc2C1. The molecule has 0 spiro atoms. The van der Waals surface area contributed by atoms with Crippen molar-refractivity contribution in [3.63, 3.8) is 0 Å². The molecule has 1 amide bonds. The first-order valence-electron chi connectivity index (χ1n) is 10.6. The van der Waals surface area contributed by atoms with Crippen LogP contribution < -0.4 is 4.74 Å². The van der Waals surface area contributed by atoms with Crippen LogP contribution in [0.4, 0.5) is 8.78 Å². The van der Waals surface area contributed by atoms with E-state index in [0.717, 1.165) is 21.2 Å². The zero-order valence-electron chi connectivity index (χ0n) is 18.4. The third-order valence-corrected chi connectivity index (χ3v) is 6.96. The monoisotopic (exact) mass is 511 g/mol. The van der Waals surface area contributed by atoms with E-state index in [0.29, 0.717) is 22.6 Å². The number of hydrogen-bond donors (Lipinski definition) is 2. The zero-order chi connectivity index (χ0) is 25.2. The Morgan fingerprint density at radius 1 is 1.17 bits per heavy atom. The fraction of sp³-hybridized carbons (Fsp3) is 0.381. The van der Waals surface area contributed by atoms with Gasteiger partial charge in [-0.2, -0.15) is 22.7 Å². The minimum Gasteiger partial charge on any atom is -0.491 e. The lowest BCUT2D eigenvalue weighted by molar-refractivity contribution is -0.134. The number of amides is 1. The van der Waals surface area contributed by atoms with Crippen molar-refractivity contribution in [2.75, 3.05) is 19.8 Å². The summed E-state index contributed by atoms with van der Waals surface area (Å²) in [7, 11) is -4.15. The summed E-state index contributed by atoms with van der Waals surface area (Å²) in [6.07, 6.45) is 0.571. The fourth-order valence-electron chi connectivity index (χ4n) is 3.82. The number of carbonyl (C=O) groups is 1. The number of halogens is 2. The number of nitrogens with zero attached hydrogens (tertiary/aromatic N) is 5. The Balaban J connectivity index is 1.50. The van der Waals surface area contributed by atoms with Gasteiger partial charge in [0.1, 0.15) is 23.8 Å². The van der Waals surface area contributed by atoms with Crippen molar-refractivity contribution >= 4 is 15.9 Å². The Bertz CT molecular complexity index is 1290. The van der Waals surface area contributed by atoms with Crippen molar-refractivity contribution in [3.05, 3.63) is 59.7 Å². The highest BCUT2D eigenvalue weighted by Gasteiger charge is 2.34. The quantitative estimate of drug-likeness (QED) is 0.403. The number of rotatable bonds is 10. The lowest BCUT2D eigenvalue weighted by Crippen LogP contribution is -2.33. The third kappa shape index (κ3) is 5.04. The van der Waals surface area contributed by atoms with Gasteiger partial charge in [-0.05, 0) is 6.07 Å². The molecule has 14 heteroatoms. The van der Waals surface area contributed by atoms with Crippen LogP contribution in [-0.2, 0) is 34.5 Å². The van der Waals surface area contributed by atoms with E-state index in [-0.39, 0.29) is 31.2 Å². The lowest BCUT2D eigenvalue weighted by atomic mass is 9.97. The number of para-hydroxylation sites is 1. The first-order valence-corrected chi connectivity index (χ1v) is 12.0. The number of aromatic nitrogens is 4. The van der Waals surface area contributed by atoms with E-state index in [2.05, 4.69) is 10.2 Å². The Morgan fingerprint density at radius 3 is 2.63 bits per heavy atom. The van der Waals surface area contributed by atoms with E-state index in [1.807, 2.05) is 0 Å². The molecule has 1 atom stereocenters. The maximum absolute atomic E-state index is 13.2. The Morgan fingerprint density at radius 2 is 1.94 bits per heavy atom. The van der Waals surface area contributed by atoms with E-state index < -0.39 is 41.4 Å². The molecular formula is C21H23F2N5O6S. The number of hydrogen-bond acceptors (Lipinski definition) is 8. The summed E-state index contributed by atoms with van der Waals surface area (Å²) in [5.41, 5.74) is 1.33. The predicted octanol–water partition coefficient (Wildman–Crippen LogP) is 0.571. The van der Waals surface area contributed by atoms with Crippen molar-refractivity contribution in [3.8, 4) is 5.75 Å². The largest absolute Gasteiger partial charge is 0.491 e. The van der Waals surface area contributed by atoms with Crippen LogP contribution in [0.5, 0.6) is 5.75 Å². The number of alkyl halides is 2. The Hall–Kier alpha value is -3.36. The molecule has 35 heavy (non-hydrogen) atoms. The zero-order valence-corrected chi connectivity index (χ0v) is 19.2. The molecule has 188 valence electrons. The van der Waals surface area contributed by atoms with Crippen molar-refractivity contribution in [2.45, 2.75) is 36.9 Å². The predicted molar refractivity (Wildman–Crippen MR) is 116 cm³/mol. The molecule has 1 aliphatic rings. The van der Waals surface area contributed by atoms with Crippen LogP contribution in [0.1, 0.15) is 22.7 Å². The van der Waals surface area contributed by atoms with Gasteiger partial charge in [-0.15, -0.1) is 0 Å². The second-order valence-corrected chi connectivity index (χ2v) is 9.60. The molecule has 11 nitrogen and oxygen atoms in total. The molecule has 0 aliphatic carbocycles. The van der Waals surface area contributed by atoms with Gasteiger partial charge in [0.05, 0.1) is 37.6 Å². The Labute approximate surface area is 199 Å². The van der Waals surface area contributed by atoms with Crippen LogP contribution in [0.2, 0.25) is 0 Å². The average molecular weight is 512 g/mol. The van der Waals surface area contributed by atoms with Crippen molar-refractivity contribution in [1.82, 2.24) is 23.9 Å². The second-order valence-electron chi connectivity index (χ2n) is 7.81. The first-order chi connectivity index (χ1) is 16.7. The number of aliphatic hydroxyl groups is 2. The highest BCUT2D eigenvalue weighted by Crippen LogP contribution is 2.31. The molecule has 4 rings (SSSR count). The van der Waals surface area contributed by atoms with E-state index in [9.17, 15) is 27.1 Å². The van der Waals surface area contributed by atoms with Crippen LogP contribution in [0.15, 0.2) is 47.8 Å². The maximum Gasteiger partial charge on any atom is 0.286 e. The molecule has 0 radical (unpaired) electrons. The lowest BCUT2D eigenvalue weighted by Gasteiger charge is -2.23. The summed E-state index contributed by atoms with van der Waals surface area (Å²) in [6, 6.07) is 6.70. The number of benzene rings is 1. The number of ether oxygens (including phenoxy) is 1. The topological polar surface area (TPSA) is 140 Å². The molecule has 1 aromatic carbocycles. The minimum atomic E-state index is -4.15. The van der Waals surface area contributed by atoms with Crippen LogP contribution in [0, 0.1) is 0 Å². The summed E-state index contributed by atoms with van der Waals surface area (Å²) in [5.74, 6) is -0.951. The van der Waals surface area contributed by atoms with Crippen LogP contribution >= 0.6 is 0 Å². The van der Waals surface area contributed by atoms with Gasteiger partial charge in [0.25, 0.3) is 16.4 Å². The average Bonchev–Trinajstić information content (AvgIpc) is 3.54. The first kappa shape index (κ1) is 24.8. The van der Waals surface area contributed by atoms with E-state index >= 15 is 0 Å². The number of carbonyl (C=O) groups excluding carboxylic acids is 1. The van der Waals surface area contributed by atoms with Gasteiger partial charge in [0.15, 0.2) is 0 Å². The fourth-order valence-corrected chi connectivity index (χ4v) is 4.94. The van der Waals surface area contributed by atoms with Gasteiger partial charge < -0.3 is 19.8 Å². The van der Waals surface area contributed by atoms with Crippen LogP contribution in [0.25, 0.3) is 0 Å². The molecule has 3 aromatic rings. The molecule has 3 heterocycles. The summed E-state index contributed by atoms with van der Waals surface area (Å²) in [6.45, 7) is -1.30. The smallest absolute Gasteiger partial charge is 0.286 e. The summed E-state index contributed by atoms with van der Waals surface area (Å²) in [5, 5.41) is 26.7. The standard InChI is InChI=1S/C21H23F2N5O6S/c22-20(23)12-27-10-15(7-24-27)35(32,33)28-9-14-8-26(11-18(14)25-28)21(31)17(13-30)16-3-1-2-4-19(16)34-6-5-29/h1-4,7,9-10,17,20,29-30H,5-6,8,11-13H2/t17-/m1/s1. The molecule has 2 aromatic heterocycles. The van der Waals surface area contributed by atoms with Crippen molar-refractivity contribution in [1.29, 1.82) is 0 Å². The van der Waals surface area contributed by atoms with E-state index in [1.165, 1.54) is 11.1 Å². The molecule has 0 fully saturated rings.